The number of benzene rings is 1. The number of carboxylic acids is 1. The highest BCUT2D eigenvalue weighted by Crippen LogP contribution is 2.10. The number of aliphatic carboxylic acids is 1. The molecule has 0 heterocycles. The normalized spacial score (nSPS) is 12.2. The fraction of sp³-hybridized carbons (Fsp3) is 0.429. The van der Waals surface area contributed by atoms with Crippen molar-refractivity contribution >= 4 is 11.9 Å². The van der Waals surface area contributed by atoms with Gasteiger partial charge in [-0.2, -0.15) is 0 Å². The van der Waals surface area contributed by atoms with Gasteiger partial charge in [0.05, 0.1) is 6.42 Å². The van der Waals surface area contributed by atoms with E-state index >= 15 is 0 Å². The van der Waals surface area contributed by atoms with Crippen molar-refractivity contribution in [2.45, 2.75) is 32.7 Å². The minimum Gasteiger partial charge on any atom is -0.480 e. The molecule has 0 aliphatic heterocycles. The number of carboxylic acid groups (broad SMARTS) is 1. The van der Waals surface area contributed by atoms with Gasteiger partial charge in [-0.15, -0.1) is 0 Å². The maximum atomic E-state index is 13.0. The molecular weight excluding hydrogens is 268 g/mol. The third-order valence-corrected chi connectivity index (χ3v) is 2.69. The van der Waals surface area contributed by atoms with Crippen molar-refractivity contribution in [1.29, 1.82) is 0 Å². The Morgan fingerprint density at radius 2 is 1.90 bits per heavy atom. The number of rotatable bonds is 6. The fourth-order valence-electron chi connectivity index (χ4n) is 1.77. The van der Waals surface area contributed by atoms with E-state index in [1.54, 1.807) is 0 Å². The molecule has 1 aromatic rings. The maximum absolute atomic E-state index is 13.0. The molecule has 0 radical (unpaired) electrons. The number of halogens is 2. The van der Waals surface area contributed by atoms with Crippen molar-refractivity contribution in [2.24, 2.45) is 5.92 Å². The van der Waals surface area contributed by atoms with E-state index in [0.29, 0.717) is 6.42 Å². The van der Waals surface area contributed by atoms with Crippen molar-refractivity contribution in [3.63, 3.8) is 0 Å². The van der Waals surface area contributed by atoms with Crippen LogP contribution >= 0.6 is 0 Å². The molecule has 1 aromatic carbocycles. The summed E-state index contributed by atoms with van der Waals surface area (Å²) in [5.41, 5.74) is 0.287. The predicted molar refractivity (Wildman–Crippen MR) is 69.1 cm³/mol. The van der Waals surface area contributed by atoms with Crippen LogP contribution in [0.1, 0.15) is 25.8 Å². The summed E-state index contributed by atoms with van der Waals surface area (Å²) in [6.45, 7) is 3.69. The Hall–Kier alpha value is -1.98. The average molecular weight is 285 g/mol. The van der Waals surface area contributed by atoms with Crippen LogP contribution in [0.25, 0.3) is 0 Å². The summed E-state index contributed by atoms with van der Waals surface area (Å²) in [6.07, 6.45) is 0.109. The SMILES string of the molecule is CC(C)C[C@@H](NC(=O)Cc1ccc(F)c(F)c1)C(=O)O. The zero-order valence-electron chi connectivity index (χ0n) is 11.3. The Kier molecular flexibility index (Phi) is 5.61. The Balaban J connectivity index is 2.65. The average Bonchev–Trinajstić information content (AvgIpc) is 2.32. The molecule has 1 amide bonds. The number of hydrogen-bond donors (Lipinski definition) is 2. The van der Waals surface area contributed by atoms with Crippen LogP contribution in [0.4, 0.5) is 8.78 Å². The van der Waals surface area contributed by atoms with Crippen LogP contribution in [0.3, 0.4) is 0 Å². The molecule has 4 nitrogen and oxygen atoms in total. The first-order valence-corrected chi connectivity index (χ1v) is 6.25. The van der Waals surface area contributed by atoms with Crippen molar-refractivity contribution < 1.29 is 23.5 Å². The first-order valence-electron chi connectivity index (χ1n) is 6.25. The smallest absolute Gasteiger partial charge is 0.326 e. The highest BCUT2D eigenvalue weighted by atomic mass is 19.2. The summed E-state index contributed by atoms with van der Waals surface area (Å²) < 4.78 is 25.7. The number of carbonyl (C=O) groups excluding carboxylic acids is 1. The fourth-order valence-corrected chi connectivity index (χ4v) is 1.77. The van der Waals surface area contributed by atoms with Gasteiger partial charge >= 0.3 is 5.97 Å². The van der Waals surface area contributed by atoms with Gasteiger partial charge in [-0.05, 0) is 30.0 Å². The molecule has 0 aliphatic rings. The van der Waals surface area contributed by atoms with E-state index in [0.717, 1.165) is 12.1 Å². The zero-order valence-corrected chi connectivity index (χ0v) is 11.3. The number of amides is 1. The maximum Gasteiger partial charge on any atom is 0.326 e. The molecule has 0 saturated carbocycles. The third-order valence-electron chi connectivity index (χ3n) is 2.69. The molecule has 0 spiro atoms. The lowest BCUT2D eigenvalue weighted by molar-refractivity contribution is -0.142. The molecule has 1 atom stereocenters. The number of carbonyl (C=O) groups is 2. The minimum absolute atomic E-state index is 0.111. The molecule has 0 bridgehead atoms. The van der Waals surface area contributed by atoms with Crippen molar-refractivity contribution in [1.82, 2.24) is 5.32 Å². The molecular formula is C14H17F2NO3. The van der Waals surface area contributed by atoms with Gasteiger partial charge in [0, 0.05) is 0 Å². The van der Waals surface area contributed by atoms with Gasteiger partial charge in [-0.25, -0.2) is 13.6 Å². The van der Waals surface area contributed by atoms with Gasteiger partial charge in [0.2, 0.25) is 5.91 Å². The highest BCUT2D eigenvalue weighted by Gasteiger charge is 2.21. The van der Waals surface area contributed by atoms with E-state index in [1.165, 1.54) is 6.07 Å². The molecule has 0 fully saturated rings. The van der Waals surface area contributed by atoms with Crippen LogP contribution in [-0.4, -0.2) is 23.0 Å². The summed E-state index contributed by atoms with van der Waals surface area (Å²) in [4.78, 5) is 22.7. The van der Waals surface area contributed by atoms with Crippen molar-refractivity contribution in [2.75, 3.05) is 0 Å². The topological polar surface area (TPSA) is 66.4 Å². The lowest BCUT2D eigenvalue weighted by Crippen LogP contribution is -2.42. The van der Waals surface area contributed by atoms with E-state index in [4.69, 9.17) is 5.11 Å². The minimum atomic E-state index is -1.11. The first-order chi connectivity index (χ1) is 9.29. The van der Waals surface area contributed by atoms with Crippen LogP contribution in [0.15, 0.2) is 18.2 Å². The van der Waals surface area contributed by atoms with E-state index in [-0.39, 0.29) is 17.9 Å². The molecule has 1 rings (SSSR count). The Labute approximate surface area is 115 Å². The summed E-state index contributed by atoms with van der Waals surface area (Å²) >= 11 is 0. The van der Waals surface area contributed by atoms with Crippen LogP contribution in [0, 0.1) is 17.6 Å². The Morgan fingerprint density at radius 1 is 1.25 bits per heavy atom. The quantitative estimate of drug-likeness (QED) is 0.841. The molecule has 110 valence electrons. The van der Waals surface area contributed by atoms with Crippen LogP contribution < -0.4 is 5.32 Å². The highest BCUT2D eigenvalue weighted by molar-refractivity contribution is 5.84. The van der Waals surface area contributed by atoms with Crippen molar-refractivity contribution in [3.8, 4) is 0 Å². The monoisotopic (exact) mass is 285 g/mol. The molecule has 0 unspecified atom stereocenters. The lowest BCUT2D eigenvalue weighted by atomic mass is 10.0. The lowest BCUT2D eigenvalue weighted by Gasteiger charge is -2.16. The summed E-state index contributed by atoms with van der Waals surface area (Å²) in [5, 5.41) is 11.4. The van der Waals surface area contributed by atoms with Gasteiger partial charge in [0.15, 0.2) is 11.6 Å². The Morgan fingerprint density at radius 3 is 2.40 bits per heavy atom. The third kappa shape index (κ3) is 4.95. The first kappa shape index (κ1) is 16.1. The van der Waals surface area contributed by atoms with E-state index in [1.807, 2.05) is 13.8 Å². The van der Waals surface area contributed by atoms with Gasteiger partial charge in [0.1, 0.15) is 6.04 Å². The molecule has 20 heavy (non-hydrogen) atoms. The van der Waals surface area contributed by atoms with Gasteiger partial charge < -0.3 is 10.4 Å². The largest absolute Gasteiger partial charge is 0.480 e. The Bertz CT molecular complexity index is 503. The van der Waals surface area contributed by atoms with E-state index in [9.17, 15) is 18.4 Å². The molecule has 6 heteroatoms. The summed E-state index contributed by atoms with van der Waals surface area (Å²) in [7, 11) is 0. The van der Waals surface area contributed by atoms with Crippen molar-refractivity contribution in [3.05, 3.63) is 35.4 Å². The van der Waals surface area contributed by atoms with E-state index < -0.39 is 29.6 Å². The molecule has 0 aromatic heterocycles. The van der Waals surface area contributed by atoms with Crippen LogP contribution in [0.2, 0.25) is 0 Å². The van der Waals surface area contributed by atoms with Gasteiger partial charge in [-0.3, -0.25) is 4.79 Å². The molecule has 0 aliphatic carbocycles. The van der Waals surface area contributed by atoms with Crippen LogP contribution in [-0.2, 0) is 16.0 Å². The predicted octanol–water partition coefficient (Wildman–Crippen LogP) is 2.12. The van der Waals surface area contributed by atoms with E-state index in [2.05, 4.69) is 5.32 Å². The second kappa shape index (κ2) is 6.98. The number of nitrogens with one attached hydrogen (secondary N) is 1. The second-order valence-electron chi connectivity index (χ2n) is 5.01. The summed E-state index contributed by atoms with van der Waals surface area (Å²) in [5.74, 6) is -3.56. The van der Waals surface area contributed by atoms with Gasteiger partial charge in [0.25, 0.3) is 0 Å². The number of hydrogen-bond acceptors (Lipinski definition) is 2. The molecule has 0 saturated heterocycles. The van der Waals surface area contributed by atoms with Gasteiger partial charge in [-0.1, -0.05) is 19.9 Å². The summed E-state index contributed by atoms with van der Waals surface area (Å²) in [6, 6.07) is 2.16. The standard InChI is InChI=1S/C14H17F2NO3/c1-8(2)5-12(14(19)20)17-13(18)7-9-3-4-10(15)11(16)6-9/h3-4,6,8,12H,5,7H2,1-2H3,(H,17,18)(H,19,20)/t12-/m1/s1. The second-order valence-corrected chi connectivity index (χ2v) is 5.01. The zero-order chi connectivity index (χ0) is 15.3. The van der Waals surface area contributed by atoms with Crippen LogP contribution in [0.5, 0.6) is 0 Å². The molecule has 2 N–H and O–H groups in total.